The fourth-order valence-electron chi connectivity index (χ4n) is 5.58. The summed E-state index contributed by atoms with van der Waals surface area (Å²) < 4.78 is 0. The Morgan fingerprint density at radius 1 is 0.781 bits per heavy atom. The Bertz CT molecular complexity index is 1170. The average Bonchev–Trinajstić information content (AvgIpc) is 3.34. The van der Waals surface area contributed by atoms with Crippen molar-refractivity contribution in [2.75, 3.05) is 0 Å². The first-order valence-corrected chi connectivity index (χ1v) is 14.5. The minimum absolute atomic E-state index is 0. The van der Waals surface area contributed by atoms with Crippen LogP contribution in [0.15, 0.2) is 91.0 Å². The SMILES string of the molecule is CC1=C[C]([Si](C)(C)C2C=C(CC(C)c3ccccc3)c3ccccc32)c2ccccc21.[LiH]. The Kier molecular flexibility index (Phi) is 6.55. The molecule has 2 heteroatoms. The van der Waals surface area contributed by atoms with Crippen molar-refractivity contribution in [2.24, 2.45) is 0 Å². The summed E-state index contributed by atoms with van der Waals surface area (Å²) in [6.45, 7) is 9.76. The van der Waals surface area contributed by atoms with E-state index in [0.717, 1.165) is 6.42 Å². The van der Waals surface area contributed by atoms with Gasteiger partial charge in [0.15, 0.2) is 0 Å². The van der Waals surface area contributed by atoms with Gasteiger partial charge in [-0.1, -0.05) is 111 Å². The zero-order valence-electron chi connectivity index (χ0n) is 19.0. The molecule has 0 fully saturated rings. The molecule has 32 heavy (non-hydrogen) atoms. The fraction of sp³-hybridized carbons (Fsp3) is 0.233. The zero-order valence-corrected chi connectivity index (χ0v) is 20.0. The van der Waals surface area contributed by atoms with E-state index in [1.807, 2.05) is 0 Å². The van der Waals surface area contributed by atoms with Gasteiger partial charge in [-0.05, 0) is 63.8 Å². The van der Waals surface area contributed by atoms with E-state index in [4.69, 9.17) is 0 Å². The van der Waals surface area contributed by atoms with Crippen LogP contribution in [0.2, 0.25) is 13.1 Å². The number of benzene rings is 3. The van der Waals surface area contributed by atoms with Crippen LogP contribution >= 0.6 is 0 Å². The van der Waals surface area contributed by atoms with Gasteiger partial charge in [0.25, 0.3) is 0 Å². The quantitative estimate of drug-likeness (QED) is 0.369. The first-order chi connectivity index (χ1) is 15.0. The van der Waals surface area contributed by atoms with Crippen LogP contribution in [0, 0.1) is 5.54 Å². The Labute approximate surface area is 206 Å². The number of hydrogen-bond acceptors (Lipinski definition) is 0. The molecule has 0 aromatic heterocycles. The molecule has 1 radical (unpaired) electrons. The summed E-state index contributed by atoms with van der Waals surface area (Å²) in [6.07, 6.45) is 6.22. The number of allylic oxidation sites excluding steroid dienone is 4. The van der Waals surface area contributed by atoms with E-state index in [0.29, 0.717) is 11.5 Å². The first-order valence-electron chi connectivity index (χ1n) is 11.5. The maximum atomic E-state index is 2.63. The molecule has 0 heterocycles. The molecule has 2 aliphatic carbocycles. The summed E-state index contributed by atoms with van der Waals surface area (Å²) in [5.41, 5.74) is 12.4. The molecular formula is C30H32LiSi. The van der Waals surface area contributed by atoms with Crippen LogP contribution in [0.5, 0.6) is 0 Å². The van der Waals surface area contributed by atoms with E-state index in [9.17, 15) is 0 Å². The fourth-order valence-corrected chi connectivity index (χ4v) is 9.06. The number of hydrogen-bond donors (Lipinski definition) is 0. The molecule has 3 aromatic carbocycles. The average molecular weight is 428 g/mol. The molecule has 5 rings (SSSR count). The van der Waals surface area contributed by atoms with Crippen LogP contribution in [0.1, 0.15) is 59.5 Å². The third-order valence-corrected chi connectivity index (χ3v) is 11.2. The van der Waals surface area contributed by atoms with Crippen LogP contribution in [0.25, 0.3) is 11.1 Å². The second-order valence-electron chi connectivity index (χ2n) is 9.78. The second-order valence-corrected chi connectivity index (χ2v) is 14.4. The summed E-state index contributed by atoms with van der Waals surface area (Å²) in [4.78, 5) is 0. The minimum atomic E-state index is -1.79. The van der Waals surface area contributed by atoms with Crippen molar-refractivity contribution >= 4 is 38.1 Å². The van der Waals surface area contributed by atoms with Crippen molar-refractivity contribution in [1.82, 2.24) is 0 Å². The van der Waals surface area contributed by atoms with Crippen LogP contribution in [0.3, 0.4) is 0 Å². The molecule has 2 atom stereocenters. The maximum absolute atomic E-state index is 2.63. The molecule has 2 aliphatic rings. The Hall–Kier alpha value is -2.05. The molecule has 0 spiro atoms. The zero-order chi connectivity index (χ0) is 21.6. The van der Waals surface area contributed by atoms with Crippen molar-refractivity contribution in [1.29, 1.82) is 0 Å². The van der Waals surface area contributed by atoms with Crippen molar-refractivity contribution in [3.05, 3.63) is 124 Å². The van der Waals surface area contributed by atoms with Crippen molar-refractivity contribution in [2.45, 2.75) is 44.8 Å². The van der Waals surface area contributed by atoms with Crippen molar-refractivity contribution < 1.29 is 0 Å². The molecule has 0 bridgehead atoms. The van der Waals surface area contributed by atoms with Gasteiger partial charge >= 0.3 is 18.9 Å². The van der Waals surface area contributed by atoms with Gasteiger partial charge in [-0.25, -0.2) is 0 Å². The molecule has 0 saturated carbocycles. The summed E-state index contributed by atoms with van der Waals surface area (Å²) in [7, 11) is -1.79. The molecule has 0 nitrogen and oxygen atoms in total. The standard InChI is InChI=1S/C30H31Si.Li.H/c1-21(23-12-6-5-7-13-23)18-24-20-30(28-17-11-9-15-26(24)28)31(3,4)29-19-22(2)25-14-8-10-16-27(25)29;;/h5-17,19-21,30H,18H2,1-4H3;;. The molecule has 0 amide bonds. The predicted octanol–water partition coefficient (Wildman–Crippen LogP) is 7.54. The van der Waals surface area contributed by atoms with Crippen LogP contribution < -0.4 is 0 Å². The molecule has 0 N–H and O–H groups in total. The van der Waals surface area contributed by atoms with Gasteiger partial charge in [0.2, 0.25) is 0 Å². The summed E-state index contributed by atoms with van der Waals surface area (Å²) >= 11 is 0. The summed E-state index contributed by atoms with van der Waals surface area (Å²) in [5, 5.41) is 0. The third-order valence-electron chi connectivity index (χ3n) is 7.38. The Morgan fingerprint density at radius 3 is 2.09 bits per heavy atom. The van der Waals surface area contributed by atoms with Crippen molar-refractivity contribution in [3.8, 4) is 0 Å². The van der Waals surface area contributed by atoms with Gasteiger partial charge in [0.1, 0.15) is 0 Å². The first kappa shape index (κ1) is 23.1. The van der Waals surface area contributed by atoms with E-state index in [1.54, 1.807) is 5.54 Å². The normalized spacial score (nSPS) is 18.3. The monoisotopic (exact) mass is 427 g/mol. The second kappa shape index (κ2) is 9.07. The van der Waals surface area contributed by atoms with Gasteiger partial charge in [-0.15, -0.1) is 0 Å². The van der Waals surface area contributed by atoms with E-state index < -0.39 is 8.07 Å². The van der Waals surface area contributed by atoms with Gasteiger partial charge in [0, 0.05) is 5.54 Å². The van der Waals surface area contributed by atoms with E-state index in [1.165, 1.54) is 39.0 Å². The predicted molar refractivity (Wildman–Crippen MR) is 144 cm³/mol. The van der Waals surface area contributed by atoms with Crippen LogP contribution in [-0.4, -0.2) is 26.9 Å². The van der Waals surface area contributed by atoms with Gasteiger partial charge in [-0.2, -0.15) is 0 Å². The summed E-state index contributed by atoms with van der Waals surface area (Å²) in [6, 6.07) is 29.1. The van der Waals surface area contributed by atoms with Gasteiger partial charge in [-0.3, -0.25) is 0 Å². The topological polar surface area (TPSA) is 0 Å². The summed E-state index contributed by atoms with van der Waals surface area (Å²) in [5.74, 6) is 0.519. The Balaban J connectivity index is 0.00000245. The molecule has 3 aromatic rings. The number of rotatable bonds is 5. The Morgan fingerprint density at radius 2 is 1.38 bits per heavy atom. The molecule has 2 unspecified atom stereocenters. The van der Waals surface area contributed by atoms with Gasteiger partial charge < -0.3 is 0 Å². The van der Waals surface area contributed by atoms with E-state index >= 15 is 0 Å². The van der Waals surface area contributed by atoms with Crippen LogP contribution in [0.4, 0.5) is 0 Å². The molecule has 0 saturated heterocycles. The molecule has 0 aliphatic heterocycles. The molecular weight excluding hydrogens is 395 g/mol. The van der Waals surface area contributed by atoms with E-state index in [2.05, 4.69) is 118 Å². The van der Waals surface area contributed by atoms with Crippen molar-refractivity contribution in [3.63, 3.8) is 0 Å². The van der Waals surface area contributed by atoms with E-state index in [-0.39, 0.29) is 18.9 Å². The third kappa shape index (κ3) is 3.92. The number of fused-ring (bicyclic) bond motifs is 2. The van der Waals surface area contributed by atoms with Gasteiger partial charge in [0.05, 0.1) is 8.07 Å². The molecule has 157 valence electrons. The van der Waals surface area contributed by atoms with Crippen LogP contribution in [-0.2, 0) is 0 Å².